The third-order valence-corrected chi connectivity index (χ3v) is 7.35. The Bertz CT molecular complexity index is 1210. The average molecular weight is 470 g/mol. The van der Waals surface area contributed by atoms with Gasteiger partial charge in [0.1, 0.15) is 22.2 Å². The van der Waals surface area contributed by atoms with Crippen molar-refractivity contribution in [2.24, 2.45) is 0 Å². The van der Waals surface area contributed by atoms with E-state index in [-0.39, 0.29) is 4.90 Å². The van der Waals surface area contributed by atoms with Gasteiger partial charge in [-0.1, -0.05) is 12.1 Å². The van der Waals surface area contributed by atoms with Gasteiger partial charge in [0.05, 0.1) is 14.2 Å². The number of nitrogens with zero attached hydrogens (tertiary/aromatic N) is 4. The van der Waals surface area contributed by atoms with Crippen LogP contribution in [0.15, 0.2) is 59.5 Å². The normalized spacial score (nSPS) is 14.7. The molecule has 0 saturated carbocycles. The molecular formula is C23H27N5O4S. The van der Waals surface area contributed by atoms with Gasteiger partial charge >= 0.3 is 0 Å². The highest BCUT2D eigenvalue weighted by molar-refractivity contribution is 7.89. The highest BCUT2D eigenvalue weighted by Crippen LogP contribution is 2.28. The Kier molecular flexibility index (Phi) is 6.66. The minimum Gasteiger partial charge on any atom is -0.497 e. The van der Waals surface area contributed by atoms with Crippen molar-refractivity contribution in [1.82, 2.24) is 14.3 Å². The first kappa shape index (κ1) is 22.8. The Hall–Kier alpha value is -3.37. The van der Waals surface area contributed by atoms with E-state index in [0.717, 1.165) is 17.1 Å². The van der Waals surface area contributed by atoms with Gasteiger partial charge in [-0.15, -0.1) is 0 Å². The number of aromatic nitrogens is 2. The summed E-state index contributed by atoms with van der Waals surface area (Å²) in [5, 5.41) is 3.29. The molecule has 0 atom stereocenters. The van der Waals surface area contributed by atoms with E-state index in [1.165, 1.54) is 11.4 Å². The number of rotatable bonds is 7. The molecule has 0 radical (unpaired) electrons. The van der Waals surface area contributed by atoms with Crippen LogP contribution in [0.1, 0.15) is 5.69 Å². The number of nitrogens with one attached hydrogen (secondary N) is 1. The highest BCUT2D eigenvalue weighted by Gasteiger charge is 2.31. The summed E-state index contributed by atoms with van der Waals surface area (Å²) in [5.41, 5.74) is 1.70. The largest absolute Gasteiger partial charge is 0.497 e. The van der Waals surface area contributed by atoms with E-state index in [9.17, 15) is 8.42 Å². The molecule has 1 aromatic heterocycles. The van der Waals surface area contributed by atoms with E-state index < -0.39 is 10.0 Å². The van der Waals surface area contributed by atoms with Crippen molar-refractivity contribution in [2.45, 2.75) is 11.8 Å². The van der Waals surface area contributed by atoms with Crippen LogP contribution >= 0.6 is 0 Å². The summed E-state index contributed by atoms with van der Waals surface area (Å²) in [5.74, 6) is 2.37. The summed E-state index contributed by atoms with van der Waals surface area (Å²) in [7, 11) is -0.555. The lowest BCUT2D eigenvalue weighted by molar-refractivity contribution is 0.372. The number of ether oxygens (including phenoxy) is 2. The van der Waals surface area contributed by atoms with E-state index in [4.69, 9.17) is 9.47 Å². The number of hydrogen-bond acceptors (Lipinski definition) is 8. The average Bonchev–Trinajstić information content (AvgIpc) is 2.84. The third-order valence-electron chi connectivity index (χ3n) is 5.41. The zero-order valence-corrected chi connectivity index (χ0v) is 19.7. The fraction of sp³-hybridized carbons (Fsp3) is 0.304. The second kappa shape index (κ2) is 9.63. The summed E-state index contributed by atoms with van der Waals surface area (Å²) < 4.78 is 38.2. The van der Waals surface area contributed by atoms with Gasteiger partial charge in [0.25, 0.3) is 0 Å². The fourth-order valence-corrected chi connectivity index (χ4v) is 5.26. The predicted molar refractivity (Wildman–Crippen MR) is 127 cm³/mol. The van der Waals surface area contributed by atoms with Gasteiger partial charge < -0.3 is 19.7 Å². The first-order valence-electron chi connectivity index (χ1n) is 10.6. The summed E-state index contributed by atoms with van der Waals surface area (Å²) in [6.07, 6.45) is 0. The zero-order valence-electron chi connectivity index (χ0n) is 18.9. The topological polar surface area (TPSA) is 96.9 Å². The summed E-state index contributed by atoms with van der Waals surface area (Å²) in [4.78, 5) is 11.4. The molecule has 0 amide bonds. The predicted octanol–water partition coefficient (Wildman–Crippen LogP) is 3.06. The van der Waals surface area contributed by atoms with E-state index in [1.54, 1.807) is 31.4 Å². The fourth-order valence-electron chi connectivity index (χ4n) is 3.68. The molecule has 1 N–H and O–H groups in total. The number of aryl methyl sites for hydroxylation is 1. The van der Waals surface area contributed by atoms with Gasteiger partial charge in [-0.05, 0) is 43.3 Å². The number of sulfonamides is 1. The molecule has 2 heterocycles. The van der Waals surface area contributed by atoms with E-state index in [0.29, 0.717) is 43.7 Å². The standard InChI is InChI=1S/C23H27N5O4S/c1-17-16-22(25-18-8-10-19(31-2)11-9-18)26-23(24-17)27-12-14-28(15-13-27)33(29,30)21-7-5-4-6-20(21)32-3/h4-11,16H,12-15H2,1-3H3,(H,24,25,26). The van der Waals surface area contributed by atoms with E-state index in [1.807, 2.05) is 42.2 Å². The molecule has 33 heavy (non-hydrogen) atoms. The Balaban J connectivity index is 1.47. The molecule has 0 unspecified atom stereocenters. The Labute approximate surface area is 194 Å². The maximum atomic E-state index is 13.1. The van der Waals surface area contributed by atoms with Crippen LogP contribution in [0, 0.1) is 6.92 Å². The SMILES string of the molecule is COc1ccc(Nc2cc(C)nc(N3CCN(S(=O)(=O)c4ccccc4OC)CC3)n2)cc1. The minimum atomic E-state index is -3.65. The van der Waals surface area contributed by atoms with Crippen molar-refractivity contribution < 1.29 is 17.9 Å². The quantitative estimate of drug-likeness (QED) is 0.564. The lowest BCUT2D eigenvalue weighted by Gasteiger charge is -2.34. The maximum absolute atomic E-state index is 13.1. The molecule has 10 heteroatoms. The zero-order chi connectivity index (χ0) is 23.4. The van der Waals surface area contributed by atoms with Crippen molar-refractivity contribution >= 4 is 27.5 Å². The van der Waals surface area contributed by atoms with Crippen LogP contribution in [0.3, 0.4) is 0 Å². The van der Waals surface area contributed by atoms with Crippen molar-refractivity contribution in [1.29, 1.82) is 0 Å². The molecule has 1 fully saturated rings. The minimum absolute atomic E-state index is 0.179. The Morgan fingerprint density at radius 1 is 0.909 bits per heavy atom. The molecule has 2 aromatic carbocycles. The third kappa shape index (κ3) is 5.01. The molecule has 1 aliphatic rings. The molecular weight excluding hydrogens is 442 g/mol. The molecule has 3 aromatic rings. The second-order valence-electron chi connectivity index (χ2n) is 7.59. The van der Waals surface area contributed by atoms with Crippen LogP contribution < -0.4 is 19.7 Å². The molecule has 9 nitrogen and oxygen atoms in total. The van der Waals surface area contributed by atoms with Gasteiger partial charge in [0.2, 0.25) is 16.0 Å². The number of piperazine rings is 1. The summed E-state index contributed by atoms with van der Waals surface area (Å²) in [6.45, 7) is 3.55. The van der Waals surface area contributed by atoms with Gasteiger partial charge in [-0.2, -0.15) is 9.29 Å². The van der Waals surface area contributed by atoms with Crippen LogP contribution in [0.4, 0.5) is 17.5 Å². The smallest absolute Gasteiger partial charge is 0.246 e. The Morgan fingerprint density at radius 3 is 2.27 bits per heavy atom. The van der Waals surface area contributed by atoms with Crippen molar-refractivity contribution in [2.75, 3.05) is 50.6 Å². The summed E-state index contributed by atoms with van der Waals surface area (Å²) >= 11 is 0. The molecule has 0 bridgehead atoms. The molecule has 174 valence electrons. The second-order valence-corrected chi connectivity index (χ2v) is 9.50. The lowest BCUT2D eigenvalue weighted by atomic mass is 10.3. The van der Waals surface area contributed by atoms with Gasteiger partial charge in [0.15, 0.2) is 0 Å². The molecule has 0 aliphatic carbocycles. The maximum Gasteiger partial charge on any atom is 0.246 e. The molecule has 1 aliphatic heterocycles. The van der Waals surface area contributed by atoms with E-state index in [2.05, 4.69) is 15.3 Å². The van der Waals surface area contributed by atoms with Gasteiger partial charge in [-0.25, -0.2) is 13.4 Å². The number of hydrogen-bond donors (Lipinski definition) is 1. The Morgan fingerprint density at radius 2 is 1.61 bits per heavy atom. The number of benzene rings is 2. The van der Waals surface area contributed by atoms with Crippen LogP contribution in [-0.4, -0.2) is 63.1 Å². The number of anilines is 3. The van der Waals surface area contributed by atoms with Gasteiger partial charge in [0, 0.05) is 43.6 Å². The van der Waals surface area contributed by atoms with Crippen molar-refractivity contribution in [3.63, 3.8) is 0 Å². The lowest BCUT2D eigenvalue weighted by Crippen LogP contribution is -2.49. The number of para-hydroxylation sites is 1. The molecule has 1 saturated heterocycles. The van der Waals surface area contributed by atoms with Crippen molar-refractivity contribution in [3.8, 4) is 11.5 Å². The van der Waals surface area contributed by atoms with Crippen LogP contribution in [0.5, 0.6) is 11.5 Å². The molecule has 0 spiro atoms. The molecule has 4 rings (SSSR count). The van der Waals surface area contributed by atoms with Crippen molar-refractivity contribution in [3.05, 3.63) is 60.3 Å². The van der Waals surface area contributed by atoms with E-state index >= 15 is 0 Å². The first-order valence-corrected chi connectivity index (χ1v) is 12.0. The van der Waals surface area contributed by atoms with Crippen LogP contribution in [-0.2, 0) is 10.0 Å². The van der Waals surface area contributed by atoms with Gasteiger partial charge in [-0.3, -0.25) is 0 Å². The van der Waals surface area contributed by atoms with Crippen LogP contribution in [0.2, 0.25) is 0 Å². The van der Waals surface area contributed by atoms with Crippen LogP contribution in [0.25, 0.3) is 0 Å². The number of methoxy groups -OCH3 is 2. The first-order chi connectivity index (χ1) is 15.9. The monoisotopic (exact) mass is 469 g/mol. The summed E-state index contributed by atoms with van der Waals surface area (Å²) in [6, 6.07) is 16.1. The highest BCUT2D eigenvalue weighted by atomic mass is 32.2.